The van der Waals surface area contributed by atoms with Gasteiger partial charge in [0, 0.05) is 25.3 Å². The van der Waals surface area contributed by atoms with Crippen molar-refractivity contribution in [2.75, 3.05) is 25.4 Å². The van der Waals surface area contributed by atoms with Crippen molar-refractivity contribution >= 4 is 34.3 Å². The first-order chi connectivity index (χ1) is 8.74. The van der Waals surface area contributed by atoms with E-state index in [1.54, 1.807) is 11.8 Å². The standard InChI is InChI=1S/C13H23NO2S2/c1-2-16-12(15)8-7-11-18-13(17)14-9-5-3-4-6-10-14/h2-11H2,1H3. The second kappa shape index (κ2) is 9.62. The molecule has 0 aliphatic carbocycles. The van der Waals surface area contributed by atoms with Gasteiger partial charge in [-0.15, -0.1) is 0 Å². The van der Waals surface area contributed by atoms with Crippen molar-refractivity contribution in [2.24, 2.45) is 0 Å². The van der Waals surface area contributed by atoms with Crippen LogP contribution in [0.5, 0.6) is 0 Å². The van der Waals surface area contributed by atoms with E-state index in [2.05, 4.69) is 4.90 Å². The molecule has 0 amide bonds. The number of thioether (sulfide) groups is 1. The van der Waals surface area contributed by atoms with E-state index in [0.29, 0.717) is 13.0 Å². The Kier molecular flexibility index (Phi) is 8.42. The van der Waals surface area contributed by atoms with Crippen LogP contribution < -0.4 is 0 Å². The quantitative estimate of drug-likeness (QED) is 0.440. The third-order valence-corrected chi connectivity index (χ3v) is 4.53. The molecule has 1 heterocycles. The van der Waals surface area contributed by atoms with Gasteiger partial charge in [-0.05, 0) is 26.2 Å². The monoisotopic (exact) mass is 289 g/mol. The molecule has 18 heavy (non-hydrogen) atoms. The maximum absolute atomic E-state index is 11.2. The van der Waals surface area contributed by atoms with E-state index >= 15 is 0 Å². The highest BCUT2D eigenvalue weighted by molar-refractivity contribution is 8.22. The number of hydrogen-bond donors (Lipinski definition) is 0. The van der Waals surface area contributed by atoms with Gasteiger partial charge >= 0.3 is 5.97 Å². The van der Waals surface area contributed by atoms with Crippen molar-refractivity contribution in [1.82, 2.24) is 4.90 Å². The molecule has 1 fully saturated rings. The first-order valence-corrected chi connectivity index (χ1v) is 8.20. The van der Waals surface area contributed by atoms with E-state index < -0.39 is 0 Å². The average molecular weight is 289 g/mol. The molecule has 5 heteroatoms. The summed E-state index contributed by atoms with van der Waals surface area (Å²) in [7, 11) is 0. The summed E-state index contributed by atoms with van der Waals surface area (Å²) < 4.78 is 5.89. The molecule has 0 bridgehead atoms. The minimum Gasteiger partial charge on any atom is -0.466 e. The third kappa shape index (κ3) is 6.59. The fraction of sp³-hybridized carbons (Fsp3) is 0.846. The van der Waals surface area contributed by atoms with Crippen LogP contribution in [-0.2, 0) is 9.53 Å². The molecule has 0 aromatic heterocycles. The number of likely N-dealkylation sites (tertiary alicyclic amines) is 1. The Hall–Kier alpha value is -0.290. The van der Waals surface area contributed by atoms with Crippen molar-refractivity contribution in [2.45, 2.75) is 45.4 Å². The zero-order valence-corrected chi connectivity index (χ0v) is 12.8. The maximum Gasteiger partial charge on any atom is 0.305 e. The first-order valence-electron chi connectivity index (χ1n) is 6.81. The largest absolute Gasteiger partial charge is 0.466 e. The van der Waals surface area contributed by atoms with Crippen LogP contribution in [0.4, 0.5) is 0 Å². The van der Waals surface area contributed by atoms with Gasteiger partial charge in [-0.1, -0.05) is 36.8 Å². The highest BCUT2D eigenvalue weighted by Gasteiger charge is 2.12. The summed E-state index contributed by atoms with van der Waals surface area (Å²) in [6.07, 6.45) is 6.51. The number of esters is 1. The number of nitrogens with zero attached hydrogens (tertiary/aromatic N) is 1. The SMILES string of the molecule is CCOC(=O)CCCSC(=S)N1CCCCCC1. The lowest BCUT2D eigenvalue weighted by atomic mass is 10.2. The summed E-state index contributed by atoms with van der Waals surface area (Å²) in [6, 6.07) is 0. The molecule has 1 saturated heterocycles. The van der Waals surface area contributed by atoms with E-state index in [1.807, 2.05) is 6.92 Å². The fourth-order valence-electron chi connectivity index (χ4n) is 1.95. The van der Waals surface area contributed by atoms with Crippen molar-refractivity contribution in [1.29, 1.82) is 0 Å². The minimum atomic E-state index is -0.0983. The Morgan fingerprint density at radius 2 is 1.94 bits per heavy atom. The van der Waals surface area contributed by atoms with Gasteiger partial charge in [0.05, 0.1) is 6.61 Å². The number of carbonyl (C=O) groups is 1. The van der Waals surface area contributed by atoms with Crippen LogP contribution in [0.1, 0.15) is 45.4 Å². The second-order valence-corrected chi connectivity index (χ2v) is 6.15. The van der Waals surface area contributed by atoms with Crippen LogP contribution in [0, 0.1) is 0 Å². The van der Waals surface area contributed by atoms with Gasteiger partial charge in [0.25, 0.3) is 0 Å². The molecule has 0 radical (unpaired) electrons. The molecule has 3 nitrogen and oxygen atoms in total. The summed E-state index contributed by atoms with van der Waals surface area (Å²) in [6.45, 7) is 4.51. The molecule has 0 spiro atoms. The number of ether oxygens (including phenoxy) is 1. The Morgan fingerprint density at radius 3 is 2.56 bits per heavy atom. The van der Waals surface area contributed by atoms with Crippen LogP contribution in [-0.4, -0.2) is 40.6 Å². The Bertz CT molecular complexity index is 264. The normalized spacial score (nSPS) is 16.2. The van der Waals surface area contributed by atoms with Crippen molar-refractivity contribution < 1.29 is 9.53 Å². The average Bonchev–Trinajstić information content (AvgIpc) is 2.63. The van der Waals surface area contributed by atoms with E-state index in [1.165, 1.54) is 25.7 Å². The molecular weight excluding hydrogens is 266 g/mol. The van der Waals surface area contributed by atoms with Crippen molar-refractivity contribution in [3.8, 4) is 0 Å². The molecule has 1 aliphatic heterocycles. The van der Waals surface area contributed by atoms with Gasteiger partial charge in [-0.25, -0.2) is 0 Å². The molecule has 1 aliphatic rings. The predicted octanol–water partition coefficient (Wildman–Crippen LogP) is 3.22. The lowest BCUT2D eigenvalue weighted by molar-refractivity contribution is -0.143. The molecule has 0 aromatic carbocycles. The van der Waals surface area contributed by atoms with Crippen molar-refractivity contribution in [3.63, 3.8) is 0 Å². The molecule has 0 N–H and O–H groups in total. The van der Waals surface area contributed by atoms with Crippen LogP contribution in [0.2, 0.25) is 0 Å². The zero-order chi connectivity index (χ0) is 13.2. The van der Waals surface area contributed by atoms with E-state index in [0.717, 1.165) is 29.6 Å². The van der Waals surface area contributed by atoms with Gasteiger partial charge in [0.2, 0.25) is 0 Å². The fourth-order valence-corrected chi connectivity index (χ4v) is 3.21. The summed E-state index contributed by atoms with van der Waals surface area (Å²) in [5.41, 5.74) is 0. The van der Waals surface area contributed by atoms with Gasteiger partial charge in [-0.3, -0.25) is 4.79 Å². The maximum atomic E-state index is 11.2. The molecule has 0 saturated carbocycles. The molecule has 0 unspecified atom stereocenters. The summed E-state index contributed by atoms with van der Waals surface area (Å²) >= 11 is 7.14. The van der Waals surface area contributed by atoms with Crippen LogP contribution in [0.15, 0.2) is 0 Å². The topological polar surface area (TPSA) is 29.5 Å². The molecular formula is C13H23NO2S2. The molecule has 104 valence electrons. The third-order valence-electron chi connectivity index (χ3n) is 2.92. The van der Waals surface area contributed by atoms with Crippen LogP contribution in [0.3, 0.4) is 0 Å². The van der Waals surface area contributed by atoms with Gasteiger partial charge in [0.15, 0.2) is 0 Å². The Morgan fingerprint density at radius 1 is 1.28 bits per heavy atom. The lowest BCUT2D eigenvalue weighted by Gasteiger charge is -2.22. The Labute approximate surface area is 120 Å². The number of carbonyl (C=O) groups excluding carboxylic acids is 1. The minimum absolute atomic E-state index is 0.0983. The van der Waals surface area contributed by atoms with Crippen LogP contribution in [0.25, 0.3) is 0 Å². The van der Waals surface area contributed by atoms with Gasteiger partial charge in [-0.2, -0.15) is 0 Å². The number of hydrogen-bond acceptors (Lipinski definition) is 4. The molecule has 0 aromatic rings. The molecule has 0 atom stereocenters. The smallest absolute Gasteiger partial charge is 0.305 e. The highest BCUT2D eigenvalue weighted by atomic mass is 32.2. The highest BCUT2D eigenvalue weighted by Crippen LogP contribution is 2.17. The van der Waals surface area contributed by atoms with E-state index in [9.17, 15) is 4.79 Å². The van der Waals surface area contributed by atoms with E-state index in [4.69, 9.17) is 17.0 Å². The second-order valence-electron chi connectivity index (χ2n) is 4.42. The zero-order valence-electron chi connectivity index (χ0n) is 11.2. The van der Waals surface area contributed by atoms with E-state index in [-0.39, 0.29) is 5.97 Å². The van der Waals surface area contributed by atoms with Gasteiger partial charge < -0.3 is 9.64 Å². The lowest BCUT2D eigenvalue weighted by Crippen LogP contribution is -2.28. The van der Waals surface area contributed by atoms with Gasteiger partial charge in [0.1, 0.15) is 4.32 Å². The summed E-state index contributed by atoms with van der Waals surface area (Å²) in [5, 5.41) is 0. The number of thiocarbonyl (C=S) groups is 1. The Balaban J connectivity index is 2.10. The first kappa shape index (κ1) is 15.8. The van der Waals surface area contributed by atoms with Crippen LogP contribution >= 0.6 is 24.0 Å². The molecule has 1 rings (SSSR count). The number of rotatable bonds is 5. The predicted molar refractivity (Wildman–Crippen MR) is 81.0 cm³/mol. The summed E-state index contributed by atoms with van der Waals surface area (Å²) in [5.74, 6) is 0.813. The van der Waals surface area contributed by atoms with Crippen molar-refractivity contribution in [3.05, 3.63) is 0 Å². The summed E-state index contributed by atoms with van der Waals surface area (Å²) in [4.78, 5) is 13.5.